The molecule has 8 heteroatoms. The molecule has 0 unspecified atom stereocenters. The monoisotopic (exact) mass is 422 g/mol. The molecule has 5 rings (SSSR count). The van der Waals surface area contributed by atoms with Crippen LogP contribution < -0.4 is 5.32 Å². The Labute approximate surface area is 178 Å². The summed E-state index contributed by atoms with van der Waals surface area (Å²) in [5.74, 6) is -1.53. The second kappa shape index (κ2) is 7.11. The molecule has 3 aromatic rings. The Bertz CT molecular complexity index is 1200. The fourth-order valence-electron chi connectivity index (χ4n) is 5.16. The van der Waals surface area contributed by atoms with Crippen LogP contribution >= 0.6 is 0 Å². The number of nitrogens with zero attached hydrogens (tertiary/aromatic N) is 1. The number of aromatic hydroxyl groups is 1. The number of phenols is 1. The van der Waals surface area contributed by atoms with Gasteiger partial charge in [0.05, 0.1) is 12.1 Å². The number of rotatable bonds is 4. The number of fused-ring (bicyclic) bond motifs is 3. The largest absolute Gasteiger partial charge is 0.508 e. The molecule has 0 aliphatic carbocycles. The highest BCUT2D eigenvalue weighted by molar-refractivity contribution is 6.04. The number of carbonyl (C=O) groups is 2. The number of hydrogen-bond acceptors (Lipinski definition) is 6. The normalized spacial score (nSPS) is 25.0. The molecule has 3 atom stereocenters. The van der Waals surface area contributed by atoms with E-state index in [2.05, 4.69) is 5.32 Å². The van der Waals surface area contributed by atoms with Crippen LogP contribution in [0.4, 0.5) is 5.69 Å². The first-order chi connectivity index (χ1) is 15.0. The van der Waals surface area contributed by atoms with E-state index in [-0.39, 0.29) is 24.7 Å². The van der Waals surface area contributed by atoms with Gasteiger partial charge >= 0.3 is 5.97 Å². The van der Waals surface area contributed by atoms with Crippen molar-refractivity contribution in [1.29, 1.82) is 0 Å². The summed E-state index contributed by atoms with van der Waals surface area (Å²) in [6.07, 6.45) is 0.966. The lowest BCUT2D eigenvalue weighted by Gasteiger charge is -2.37. The maximum absolute atomic E-state index is 13.4. The van der Waals surface area contributed by atoms with Crippen LogP contribution in [0.3, 0.4) is 0 Å². The van der Waals surface area contributed by atoms with Crippen LogP contribution in [0.15, 0.2) is 48.7 Å². The Morgan fingerprint density at radius 2 is 2.06 bits per heavy atom. The molecular formula is C23H22N2O6. The fourth-order valence-corrected chi connectivity index (χ4v) is 5.16. The summed E-state index contributed by atoms with van der Waals surface area (Å²) < 4.78 is 12.9. The highest BCUT2D eigenvalue weighted by atomic mass is 16.6. The molecule has 160 valence electrons. The van der Waals surface area contributed by atoms with Crippen LogP contribution in [0.5, 0.6) is 5.75 Å². The number of nitrogens with one attached hydrogen (secondary N) is 1. The van der Waals surface area contributed by atoms with E-state index in [9.17, 15) is 19.8 Å². The van der Waals surface area contributed by atoms with Crippen molar-refractivity contribution < 1.29 is 29.3 Å². The minimum absolute atomic E-state index is 0.0191. The summed E-state index contributed by atoms with van der Waals surface area (Å²) in [7, 11) is 1.60. The third kappa shape index (κ3) is 2.75. The van der Waals surface area contributed by atoms with E-state index in [4.69, 9.17) is 9.47 Å². The van der Waals surface area contributed by atoms with E-state index in [1.165, 1.54) is 12.1 Å². The quantitative estimate of drug-likeness (QED) is 0.556. The Morgan fingerprint density at radius 1 is 1.26 bits per heavy atom. The first kappa shape index (κ1) is 19.6. The number of amides is 1. The van der Waals surface area contributed by atoms with E-state index in [0.717, 1.165) is 16.5 Å². The van der Waals surface area contributed by atoms with E-state index in [1.54, 1.807) is 13.2 Å². The number of cyclic esters (lactones) is 1. The number of methoxy groups -OCH3 is 1. The van der Waals surface area contributed by atoms with Crippen LogP contribution in [0.2, 0.25) is 0 Å². The second-order valence-electron chi connectivity index (χ2n) is 8.02. The summed E-state index contributed by atoms with van der Waals surface area (Å²) in [6.45, 7) is -0.0687. The van der Waals surface area contributed by atoms with Gasteiger partial charge < -0.3 is 29.6 Å². The molecule has 1 fully saturated rings. The SMILES string of the molecule is COCn1cc([C@@H]2[C@@H](CO)OC(=O)[C@@]23CC(=O)Nc2cc(O)ccc23)c2ccccc21. The molecule has 0 saturated carbocycles. The fraction of sp³-hybridized carbons (Fsp3) is 0.304. The molecule has 8 nitrogen and oxygen atoms in total. The summed E-state index contributed by atoms with van der Waals surface area (Å²) in [6, 6.07) is 12.3. The number of aliphatic hydroxyl groups is 1. The average molecular weight is 422 g/mol. The van der Waals surface area contributed by atoms with E-state index >= 15 is 0 Å². The van der Waals surface area contributed by atoms with Crippen molar-refractivity contribution >= 4 is 28.5 Å². The van der Waals surface area contributed by atoms with Crippen molar-refractivity contribution in [3.63, 3.8) is 0 Å². The Hall–Kier alpha value is -3.36. The Morgan fingerprint density at radius 3 is 2.84 bits per heavy atom. The number of hydrogen-bond donors (Lipinski definition) is 3. The van der Waals surface area contributed by atoms with Crippen molar-refractivity contribution in [1.82, 2.24) is 4.57 Å². The smallest absolute Gasteiger partial charge is 0.318 e. The molecule has 3 N–H and O–H groups in total. The molecule has 1 spiro atoms. The van der Waals surface area contributed by atoms with E-state index in [0.29, 0.717) is 18.0 Å². The summed E-state index contributed by atoms with van der Waals surface area (Å²) >= 11 is 0. The highest BCUT2D eigenvalue weighted by Gasteiger charge is 2.62. The molecule has 1 aromatic heterocycles. The van der Waals surface area contributed by atoms with Gasteiger partial charge in [-0.15, -0.1) is 0 Å². The predicted octanol–water partition coefficient (Wildman–Crippen LogP) is 2.23. The lowest BCUT2D eigenvalue weighted by molar-refractivity contribution is -0.148. The predicted molar refractivity (Wildman–Crippen MR) is 112 cm³/mol. The molecular weight excluding hydrogens is 400 g/mol. The number of esters is 1. The van der Waals surface area contributed by atoms with Crippen LogP contribution in [0.25, 0.3) is 10.9 Å². The van der Waals surface area contributed by atoms with Crippen LogP contribution in [0.1, 0.15) is 23.5 Å². The summed E-state index contributed by atoms with van der Waals surface area (Å²) in [5, 5.41) is 23.7. The van der Waals surface area contributed by atoms with Gasteiger partial charge in [0.1, 0.15) is 24.0 Å². The lowest BCUT2D eigenvalue weighted by Crippen LogP contribution is -2.45. The molecule has 0 radical (unpaired) electrons. The van der Waals surface area contributed by atoms with Crippen LogP contribution in [0, 0.1) is 0 Å². The minimum atomic E-state index is -1.32. The van der Waals surface area contributed by atoms with Gasteiger partial charge in [0.2, 0.25) is 5.91 Å². The maximum Gasteiger partial charge on any atom is 0.318 e. The number of aliphatic hydroxyl groups excluding tert-OH is 1. The molecule has 0 bridgehead atoms. The number of anilines is 1. The maximum atomic E-state index is 13.4. The number of para-hydroxylation sites is 1. The van der Waals surface area contributed by atoms with E-state index < -0.39 is 23.4 Å². The van der Waals surface area contributed by atoms with Crippen molar-refractivity contribution in [3.8, 4) is 5.75 Å². The van der Waals surface area contributed by atoms with Gasteiger partial charge in [0.15, 0.2) is 0 Å². The number of phenolic OH excluding ortho intramolecular Hbond substituents is 1. The van der Waals surface area contributed by atoms with Gasteiger partial charge in [-0.05, 0) is 23.3 Å². The standard InChI is InChI=1S/C23H22N2O6/c1-30-12-25-10-15(14-4-2-3-5-18(14)25)21-19(11-26)31-22(29)23(21)9-20(28)24-17-8-13(27)6-7-16(17)23/h2-8,10,19,21,26-27H,9,11-12H2,1H3,(H,24,28)/t19-,21-,23-/m1/s1. The minimum Gasteiger partial charge on any atom is -0.508 e. The Balaban J connectivity index is 1.80. The van der Waals surface area contributed by atoms with Gasteiger partial charge in [-0.1, -0.05) is 24.3 Å². The van der Waals surface area contributed by atoms with Gasteiger partial charge in [-0.25, -0.2) is 0 Å². The molecule has 2 aliphatic heterocycles. The van der Waals surface area contributed by atoms with Gasteiger partial charge in [-0.2, -0.15) is 0 Å². The van der Waals surface area contributed by atoms with Gasteiger partial charge in [-0.3, -0.25) is 9.59 Å². The second-order valence-corrected chi connectivity index (χ2v) is 8.02. The molecule has 1 amide bonds. The number of aromatic nitrogens is 1. The molecule has 31 heavy (non-hydrogen) atoms. The molecule has 3 heterocycles. The lowest BCUT2D eigenvalue weighted by atomic mass is 9.63. The average Bonchev–Trinajstić information content (AvgIpc) is 3.23. The number of carbonyl (C=O) groups excluding carboxylic acids is 2. The van der Waals surface area contributed by atoms with Crippen molar-refractivity contribution in [2.24, 2.45) is 0 Å². The zero-order chi connectivity index (χ0) is 21.8. The zero-order valence-corrected chi connectivity index (χ0v) is 16.9. The van der Waals surface area contributed by atoms with Gasteiger partial charge in [0.25, 0.3) is 0 Å². The molecule has 2 aliphatic rings. The molecule has 1 saturated heterocycles. The van der Waals surface area contributed by atoms with Crippen LogP contribution in [-0.2, 0) is 31.2 Å². The third-order valence-electron chi connectivity index (χ3n) is 6.33. The van der Waals surface area contributed by atoms with E-state index in [1.807, 2.05) is 35.0 Å². The number of benzene rings is 2. The number of ether oxygens (including phenoxy) is 2. The zero-order valence-electron chi connectivity index (χ0n) is 16.9. The Kier molecular flexibility index (Phi) is 4.49. The van der Waals surface area contributed by atoms with Crippen molar-refractivity contribution in [3.05, 3.63) is 59.8 Å². The van der Waals surface area contributed by atoms with Gasteiger partial charge in [0, 0.05) is 42.8 Å². The molecule has 2 aromatic carbocycles. The highest BCUT2D eigenvalue weighted by Crippen LogP contribution is 2.55. The van der Waals surface area contributed by atoms with Crippen LogP contribution in [-0.4, -0.2) is 46.5 Å². The topological polar surface area (TPSA) is 110 Å². The summed E-state index contributed by atoms with van der Waals surface area (Å²) in [4.78, 5) is 26.1. The first-order valence-electron chi connectivity index (χ1n) is 10.0. The van der Waals surface area contributed by atoms with Crippen molar-refractivity contribution in [2.45, 2.75) is 30.6 Å². The third-order valence-corrected chi connectivity index (χ3v) is 6.33. The summed E-state index contributed by atoms with van der Waals surface area (Å²) in [5.41, 5.74) is 1.33. The van der Waals surface area contributed by atoms with Crippen molar-refractivity contribution in [2.75, 3.05) is 19.0 Å². The first-order valence-corrected chi connectivity index (χ1v) is 10.0.